The molecule has 1 N–H and O–H groups in total. The van der Waals surface area contributed by atoms with Crippen LogP contribution in [-0.2, 0) is 6.61 Å². The van der Waals surface area contributed by atoms with E-state index in [1.54, 1.807) is 18.5 Å². The zero-order valence-corrected chi connectivity index (χ0v) is 6.99. The third-order valence-electron chi connectivity index (χ3n) is 1.38. The Bertz CT molecular complexity index is 382. The van der Waals surface area contributed by atoms with E-state index in [-0.39, 0.29) is 13.0 Å². The number of nitrogens with zero attached hydrogens (tertiary/aromatic N) is 2. The van der Waals surface area contributed by atoms with Crippen LogP contribution in [0.25, 0.3) is 0 Å². The first-order valence-corrected chi connectivity index (χ1v) is 3.77. The molecule has 0 aliphatic heterocycles. The molecule has 0 unspecified atom stereocenters. The molecule has 64 valence electrons. The Kier molecular flexibility index (Phi) is 3.50. The van der Waals surface area contributed by atoms with Crippen LogP contribution >= 0.6 is 0 Å². The second-order valence-corrected chi connectivity index (χ2v) is 2.38. The molecule has 3 nitrogen and oxygen atoms in total. The van der Waals surface area contributed by atoms with Crippen LogP contribution < -0.4 is 0 Å². The van der Waals surface area contributed by atoms with Crippen molar-refractivity contribution < 1.29 is 5.11 Å². The molecule has 13 heavy (non-hydrogen) atoms. The van der Waals surface area contributed by atoms with Crippen molar-refractivity contribution in [2.24, 2.45) is 0 Å². The van der Waals surface area contributed by atoms with Gasteiger partial charge in [0.2, 0.25) is 0 Å². The molecule has 1 rings (SSSR count). The van der Waals surface area contributed by atoms with E-state index >= 15 is 0 Å². The molecule has 0 amide bonds. The van der Waals surface area contributed by atoms with Crippen LogP contribution in [0, 0.1) is 23.2 Å². The van der Waals surface area contributed by atoms with E-state index in [2.05, 4.69) is 16.8 Å². The van der Waals surface area contributed by atoms with E-state index in [9.17, 15) is 0 Å². The smallest absolute Gasteiger partial charge is 0.0966 e. The molecule has 0 saturated heterocycles. The number of aliphatic hydroxyl groups excluding tert-OH is 1. The number of nitriles is 1. The van der Waals surface area contributed by atoms with E-state index < -0.39 is 0 Å². The van der Waals surface area contributed by atoms with Crippen molar-refractivity contribution in [3.8, 4) is 17.9 Å². The number of hydrogen-bond donors (Lipinski definition) is 1. The van der Waals surface area contributed by atoms with Crippen LogP contribution in [0.1, 0.15) is 17.5 Å². The summed E-state index contributed by atoms with van der Waals surface area (Å²) < 4.78 is 0. The van der Waals surface area contributed by atoms with Crippen LogP contribution in [0.4, 0.5) is 0 Å². The fourth-order valence-corrected chi connectivity index (χ4v) is 0.828. The average molecular weight is 172 g/mol. The Balaban J connectivity index is 2.80. The van der Waals surface area contributed by atoms with Crippen molar-refractivity contribution in [2.75, 3.05) is 0 Å². The number of aliphatic hydroxyl groups is 1. The first-order chi connectivity index (χ1) is 6.36. The van der Waals surface area contributed by atoms with E-state index in [4.69, 9.17) is 10.4 Å². The molecule has 1 aromatic rings. The topological polar surface area (TPSA) is 56.9 Å². The van der Waals surface area contributed by atoms with Crippen LogP contribution in [0.15, 0.2) is 18.5 Å². The van der Waals surface area contributed by atoms with E-state index in [1.807, 2.05) is 6.07 Å². The molecule has 0 atom stereocenters. The fraction of sp³-hybridized carbons (Fsp3) is 0.200. The molecule has 0 fully saturated rings. The van der Waals surface area contributed by atoms with Gasteiger partial charge in [0.15, 0.2) is 0 Å². The van der Waals surface area contributed by atoms with E-state index in [0.717, 1.165) is 11.1 Å². The highest BCUT2D eigenvalue weighted by molar-refractivity contribution is 5.34. The summed E-state index contributed by atoms with van der Waals surface area (Å²) in [5.74, 6) is 5.44. The number of rotatable bonds is 1. The normalized spacial score (nSPS) is 8.31. The lowest BCUT2D eigenvalue weighted by molar-refractivity contribution is 0.281. The third-order valence-corrected chi connectivity index (χ3v) is 1.38. The highest BCUT2D eigenvalue weighted by Gasteiger charge is 1.91. The molecule has 0 saturated carbocycles. The van der Waals surface area contributed by atoms with Crippen LogP contribution in [-0.4, -0.2) is 10.1 Å². The SMILES string of the molecule is N#CCC#Cc1cncc(CO)c1. The Morgan fingerprint density at radius 2 is 2.31 bits per heavy atom. The van der Waals surface area contributed by atoms with Crippen molar-refractivity contribution in [1.82, 2.24) is 4.98 Å². The van der Waals surface area contributed by atoms with E-state index in [0.29, 0.717) is 0 Å². The zero-order valence-electron chi connectivity index (χ0n) is 6.99. The predicted octanol–water partition coefficient (Wildman–Crippen LogP) is 0.839. The minimum atomic E-state index is -0.0409. The Labute approximate surface area is 76.7 Å². The van der Waals surface area contributed by atoms with Gasteiger partial charge in [0.25, 0.3) is 0 Å². The van der Waals surface area contributed by atoms with Gasteiger partial charge in [-0.1, -0.05) is 11.8 Å². The van der Waals surface area contributed by atoms with E-state index in [1.165, 1.54) is 0 Å². The first-order valence-electron chi connectivity index (χ1n) is 3.77. The summed E-state index contributed by atoms with van der Waals surface area (Å²) in [6, 6.07) is 3.67. The van der Waals surface area contributed by atoms with Gasteiger partial charge in [-0.2, -0.15) is 5.26 Å². The van der Waals surface area contributed by atoms with Gasteiger partial charge < -0.3 is 5.11 Å². The quantitative estimate of drug-likeness (QED) is 0.638. The fourth-order valence-electron chi connectivity index (χ4n) is 0.828. The maximum absolute atomic E-state index is 8.79. The summed E-state index contributed by atoms with van der Waals surface area (Å²) in [6.07, 6.45) is 3.39. The minimum Gasteiger partial charge on any atom is -0.392 e. The molecular formula is C10H8N2O. The van der Waals surface area contributed by atoms with Crippen molar-refractivity contribution in [3.05, 3.63) is 29.6 Å². The van der Waals surface area contributed by atoms with Gasteiger partial charge in [0, 0.05) is 18.0 Å². The second-order valence-electron chi connectivity index (χ2n) is 2.38. The molecular weight excluding hydrogens is 164 g/mol. The molecule has 0 bridgehead atoms. The molecule has 1 heterocycles. The summed E-state index contributed by atoms with van der Waals surface area (Å²) in [5, 5.41) is 17.0. The number of aromatic nitrogens is 1. The first kappa shape index (κ1) is 9.25. The number of hydrogen-bond acceptors (Lipinski definition) is 3. The lowest BCUT2D eigenvalue weighted by atomic mass is 10.2. The summed E-state index contributed by atoms with van der Waals surface area (Å²) in [4.78, 5) is 3.89. The summed E-state index contributed by atoms with van der Waals surface area (Å²) in [5.41, 5.74) is 1.45. The van der Waals surface area contributed by atoms with Crippen molar-refractivity contribution in [3.63, 3.8) is 0 Å². The van der Waals surface area contributed by atoms with Gasteiger partial charge in [0.1, 0.15) is 0 Å². The average Bonchev–Trinajstić information content (AvgIpc) is 2.19. The molecule has 0 aliphatic rings. The van der Waals surface area contributed by atoms with Crippen LogP contribution in [0.2, 0.25) is 0 Å². The lowest BCUT2D eigenvalue weighted by Crippen LogP contribution is -1.86. The van der Waals surface area contributed by atoms with Crippen LogP contribution in [0.3, 0.4) is 0 Å². The molecule has 0 aromatic carbocycles. The maximum atomic E-state index is 8.79. The van der Waals surface area contributed by atoms with Gasteiger partial charge in [0.05, 0.1) is 19.1 Å². The van der Waals surface area contributed by atoms with Gasteiger partial charge in [-0.25, -0.2) is 0 Å². The van der Waals surface area contributed by atoms with Gasteiger partial charge in [-0.15, -0.1) is 0 Å². The Morgan fingerprint density at radius 3 is 3.00 bits per heavy atom. The molecule has 3 heteroatoms. The summed E-state index contributed by atoms with van der Waals surface area (Å²) >= 11 is 0. The van der Waals surface area contributed by atoms with Crippen molar-refractivity contribution >= 4 is 0 Å². The molecule has 1 aromatic heterocycles. The Morgan fingerprint density at radius 1 is 1.46 bits per heavy atom. The molecule has 0 aliphatic carbocycles. The van der Waals surface area contributed by atoms with Crippen LogP contribution in [0.5, 0.6) is 0 Å². The monoisotopic (exact) mass is 172 g/mol. The minimum absolute atomic E-state index is 0.0409. The maximum Gasteiger partial charge on any atom is 0.0966 e. The van der Waals surface area contributed by atoms with Gasteiger partial charge in [-0.05, 0) is 11.6 Å². The summed E-state index contributed by atoms with van der Waals surface area (Å²) in [7, 11) is 0. The molecule has 0 spiro atoms. The molecule has 0 radical (unpaired) electrons. The summed E-state index contributed by atoms with van der Waals surface area (Å²) in [6.45, 7) is -0.0409. The van der Waals surface area contributed by atoms with Crippen molar-refractivity contribution in [2.45, 2.75) is 13.0 Å². The standard InChI is InChI=1S/C10H8N2O/c11-4-2-1-3-9-5-10(8-13)7-12-6-9/h5-7,13H,2,8H2. The highest BCUT2D eigenvalue weighted by Crippen LogP contribution is 2.00. The highest BCUT2D eigenvalue weighted by atomic mass is 16.3. The van der Waals surface area contributed by atoms with Gasteiger partial charge in [-0.3, -0.25) is 4.98 Å². The van der Waals surface area contributed by atoms with Gasteiger partial charge >= 0.3 is 0 Å². The Hall–Kier alpha value is -1.84. The number of pyridine rings is 1. The third kappa shape index (κ3) is 2.94. The lowest BCUT2D eigenvalue weighted by Gasteiger charge is -1.94. The largest absolute Gasteiger partial charge is 0.392 e. The zero-order chi connectivity index (χ0) is 9.52. The predicted molar refractivity (Wildman–Crippen MR) is 47.3 cm³/mol. The van der Waals surface area contributed by atoms with Crippen molar-refractivity contribution in [1.29, 1.82) is 5.26 Å². The second kappa shape index (κ2) is 4.92.